The molecule has 0 unspecified atom stereocenters. The van der Waals surface area contributed by atoms with Crippen LogP contribution in [-0.2, 0) is 13.1 Å². The molecule has 0 spiro atoms. The molecule has 1 N–H and O–H groups in total. The van der Waals surface area contributed by atoms with E-state index in [0.29, 0.717) is 0 Å². The first-order valence-corrected chi connectivity index (χ1v) is 7.68. The molecule has 1 aromatic carbocycles. The Morgan fingerprint density at radius 3 is 2.43 bits per heavy atom. The van der Waals surface area contributed by atoms with Gasteiger partial charge in [0.1, 0.15) is 5.82 Å². The van der Waals surface area contributed by atoms with Crippen molar-refractivity contribution >= 4 is 17.4 Å². The van der Waals surface area contributed by atoms with Gasteiger partial charge in [0, 0.05) is 31.4 Å². The van der Waals surface area contributed by atoms with Crippen LogP contribution in [0.25, 0.3) is 0 Å². The summed E-state index contributed by atoms with van der Waals surface area (Å²) in [7, 11) is 2.05. The van der Waals surface area contributed by atoms with E-state index in [1.54, 1.807) is 0 Å². The number of halogens is 1. The fourth-order valence-corrected chi connectivity index (χ4v) is 2.23. The minimum Gasteiger partial charge on any atom is -0.355 e. The van der Waals surface area contributed by atoms with Crippen molar-refractivity contribution in [1.82, 2.24) is 10.3 Å². The Balaban J connectivity index is 1.93. The van der Waals surface area contributed by atoms with Crippen LogP contribution in [0.1, 0.15) is 24.5 Å². The zero-order valence-electron chi connectivity index (χ0n) is 12.6. The van der Waals surface area contributed by atoms with E-state index in [0.717, 1.165) is 36.9 Å². The summed E-state index contributed by atoms with van der Waals surface area (Å²) >= 11 is 5.90. The van der Waals surface area contributed by atoms with Gasteiger partial charge in [0.25, 0.3) is 0 Å². The molecule has 0 aliphatic rings. The highest BCUT2D eigenvalue weighted by Crippen LogP contribution is 2.15. The summed E-state index contributed by atoms with van der Waals surface area (Å²) in [5.74, 6) is 0.976. The van der Waals surface area contributed by atoms with E-state index in [-0.39, 0.29) is 0 Å². The Morgan fingerprint density at radius 2 is 1.81 bits per heavy atom. The molecule has 0 aliphatic heterocycles. The predicted octanol–water partition coefficient (Wildman–Crippen LogP) is 3.87. The number of nitrogens with zero attached hydrogens (tertiary/aromatic N) is 2. The van der Waals surface area contributed by atoms with Crippen molar-refractivity contribution in [2.45, 2.75) is 26.4 Å². The summed E-state index contributed by atoms with van der Waals surface area (Å²) < 4.78 is 0. The van der Waals surface area contributed by atoms with Gasteiger partial charge < -0.3 is 10.2 Å². The first-order valence-electron chi connectivity index (χ1n) is 7.30. The lowest BCUT2D eigenvalue weighted by molar-refractivity contribution is 0.673. The molecular weight excluding hydrogens is 282 g/mol. The Hall–Kier alpha value is -1.58. The van der Waals surface area contributed by atoms with Crippen molar-refractivity contribution in [3.05, 3.63) is 58.7 Å². The maximum absolute atomic E-state index is 5.90. The Bertz CT molecular complexity index is 537. The molecule has 0 atom stereocenters. The molecule has 112 valence electrons. The highest BCUT2D eigenvalue weighted by Gasteiger charge is 2.04. The molecule has 0 radical (unpaired) electrons. The van der Waals surface area contributed by atoms with E-state index in [2.05, 4.69) is 34.3 Å². The van der Waals surface area contributed by atoms with E-state index < -0.39 is 0 Å². The number of rotatable bonds is 7. The average molecular weight is 304 g/mol. The van der Waals surface area contributed by atoms with Gasteiger partial charge in [-0.25, -0.2) is 4.98 Å². The first-order chi connectivity index (χ1) is 10.2. The molecule has 0 saturated carbocycles. The summed E-state index contributed by atoms with van der Waals surface area (Å²) in [5, 5.41) is 4.15. The monoisotopic (exact) mass is 303 g/mol. The van der Waals surface area contributed by atoms with Gasteiger partial charge in [-0.15, -0.1) is 0 Å². The lowest BCUT2D eigenvalue weighted by atomic mass is 10.2. The third-order valence-electron chi connectivity index (χ3n) is 3.29. The summed E-state index contributed by atoms with van der Waals surface area (Å²) in [6.07, 6.45) is 3.09. The second-order valence-electron chi connectivity index (χ2n) is 5.18. The minimum absolute atomic E-state index is 0.767. The zero-order valence-corrected chi connectivity index (χ0v) is 13.4. The van der Waals surface area contributed by atoms with Crippen molar-refractivity contribution in [2.24, 2.45) is 0 Å². The fraction of sp³-hybridized carbons (Fsp3) is 0.353. The average Bonchev–Trinajstić information content (AvgIpc) is 2.50. The number of hydrogen-bond acceptors (Lipinski definition) is 3. The SMILES string of the molecule is CCCNCc1ccc(N(C)Cc2ccc(Cl)cc2)nc1. The summed E-state index contributed by atoms with van der Waals surface area (Å²) in [4.78, 5) is 6.66. The molecule has 1 aromatic heterocycles. The van der Waals surface area contributed by atoms with Crippen molar-refractivity contribution in [2.75, 3.05) is 18.5 Å². The van der Waals surface area contributed by atoms with Crippen LogP contribution < -0.4 is 10.2 Å². The Morgan fingerprint density at radius 1 is 1.10 bits per heavy atom. The molecule has 2 rings (SSSR count). The van der Waals surface area contributed by atoms with Gasteiger partial charge in [-0.2, -0.15) is 0 Å². The van der Waals surface area contributed by atoms with Crippen molar-refractivity contribution < 1.29 is 0 Å². The molecule has 3 nitrogen and oxygen atoms in total. The van der Waals surface area contributed by atoms with Crippen molar-refractivity contribution in [1.29, 1.82) is 0 Å². The van der Waals surface area contributed by atoms with Gasteiger partial charge in [-0.3, -0.25) is 0 Å². The topological polar surface area (TPSA) is 28.2 Å². The van der Waals surface area contributed by atoms with E-state index in [9.17, 15) is 0 Å². The van der Waals surface area contributed by atoms with Crippen LogP contribution in [0.15, 0.2) is 42.6 Å². The Labute approximate surface area is 132 Å². The van der Waals surface area contributed by atoms with E-state index in [1.165, 1.54) is 11.1 Å². The normalized spacial score (nSPS) is 10.6. The lowest BCUT2D eigenvalue weighted by Crippen LogP contribution is -2.18. The number of nitrogens with one attached hydrogen (secondary N) is 1. The maximum atomic E-state index is 5.90. The predicted molar refractivity (Wildman–Crippen MR) is 89.8 cm³/mol. The quantitative estimate of drug-likeness (QED) is 0.787. The van der Waals surface area contributed by atoms with E-state index in [1.807, 2.05) is 37.5 Å². The number of pyridine rings is 1. The van der Waals surface area contributed by atoms with Crippen LogP contribution >= 0.6 is 11.6 Å². The molecule has 1 heterocycles. The fourth-order valence-electron chi connectivity index (χ4n) is 2.10. The molecule has 4 heteroatoms. The van der Waals surface area contributed by atoms with Crippen molar-refractivity contribution in [3.8, 4) is 0 Å². The first kappa shape index (κ1) is 15.8. The van der Waals surface area contributed by atoms with Crippen LogP contribution in [0.3, 0.4) is 0 Å². The highest BCUT2D eigenvalue weighted by molar-refractivity contribution is 6.30. The molecule has 0 saturated heterocycles. The molecule has 0 aliphatic carbocycles. The Kier molecular flexibility index (Phi) is 6.03. The van der Waals surface area contributed by atoms with E-state index in [4.69, 9.17) is 11.6 Å². The van der Waals surface area contributed by atoms with Crippen molar-refractivity contribution in [3.63, 3.8) is 0 Å². The molecule has 2 aromatic rings. The third-order valence-corrected chi connectivity index (χ3v) is 3.54. The van der Waals surface area contributed by atoms with Gasteiger partial charge in [0.2, 0.25) is 0 Å². The van der Waals surface area contributed by atoms with Crippen LogP contribution in [-0.4, -0.2) is 18.6 Å². The third kappa shape index (κ3) is 5.03. The smallest absolute Gasteiger partial charge is 0.128 e. The summed E-state index contributed by atoms with van der Waals surface area (Å²) in [6, 6.07) is 12.1. The van der Waals surface area contributed by atoms with E-state index >= 15 is 0 Å². The second-order valence-corrected chi connectivity index (χ2v) is 5.62. The van der Waals surface area contributed by atoms with Gasteiger partial charge in [-0.05, 0) is 42.3 Å². The van der Waals surface area contributed by atoms with Gasteiger partial charge in [0.05, 0.1) is 0 Å². The van der Waals surface area contributed by atoms with Crippen LogP contribution in [0, 0.1) is 0 Å². The van der Waals surface area contributed by atoms with Gasteiger partial charge in [0.15, 0.2) is 0 Å². The molecule has 21 heavy (non-hydrogen) atoms. The summed E-state index contributed by atoms with van der Waals surface area (Å²) in [6.45, 7) is 4.90. The number of benzene rings is 1. The highest BCUT2D eigenvalue weighted by atomic mass is 35.5. The standard InChI is InChI=1S/C17H22ClN3/c1-3-10-19-11-15-6-9-17(20-12-15)21(2)13-14-4-7-16(18)8-5-14/h4-9,12,19H,3,10-11,13H2,1-2H3. The molecule has 0 amide bonds. The lowest BCUT2D eigenvalue weighted by Gasteiger charge is -2.18. The zero-order chi connectivity index (χ0) is 15.1. The number of anilines is 1. The number of aromatic nitrogens is 1. The van der Waals surface area contributed by atoms with Gasteiger partial charge in [-0.1, -0.05) is 36.7 Å². The molecule has 0 fully saturated rings. The largest absolute Gasteiger partial charge is 0.355 e. The molecular formula is C17H22ClN3. The summed E-state index contributed by atoms with van der Waals surface area (Å²) in [5.41, 5.74) is 2.43. The maximum Gasteiger partial charge on any atom is 0.128 e. The van der Waals surface area contributed by atoms with Crippen LogP contribution in [0.4, 0.5) is 5.82 Å². The second kappa shape index (κ2) is 8.01. The molecule has 0 bridgehead atoms. The van der Waals surface area contributed by atoms with Gasteiger partial charge >= 0.3 is 0 Å². The number of hydrogen-bond donors (Lipinski definition) is 1. The minimum atomic E-state index is 0.767. The van der Waals surface area contributed by atoms with Crippen LogP contribution in [0.2, 0.25) is 5.02 Å². The van der Waals surface area contributed by atoms with Crippen LogP contribution in [0.5, 0.6) is 0 Å².